The summed E-state index contributed by atoms with van der Waals surface area (Å²) in [6.45, 7) is 10.9. The first-order valence-corrected chi connectivity index (χ1v) is 12.3. The highest BCUT2D eigenvalue weighted by molar-refractivity contribution is 5.05. The molecule has 0 amide bonds. The first kappa shape index (κ1) is 19.3. The number of hydrogen-bond acceptors (Lipinski definition) is 1. The molecule has 8 atom stereocenters. The largest absolute Gasteiger partial charge is 0.315 e. The van der Waals surface area contributed by atoms with Crippen molar-refractivity contribution in [2.75, 3.05) is 6.54 Å². The molecule has 0 aromatic heterocycles. The van der Waals surface area contributed by atoms with Crippen molar-refractivity contribution in [3.8, 4) is 0 Å². The SMILES string of the molecule is CCC1CCC2C3CCC4CC(CCNC(C)C)CCC4C3CCC12C. The smallest absolute Gasteiger partial charge is 0.00103 e. The molecule has 0 aromatic rings. The number of fused-ring (bicyclic) bond motifs is 5. The predicted octanol–water partition coefficient (Wildman–Crippen LogP) is 6.67. The second kappa shape index (κ2) is 7.76. The van der Waals surface area contributed by atoms with E-state index in [1.165, 1.54) is 25.8 Å². The van der Waals surface area contributed by atoms with Gasteiger partial charge in [0.25, 0.3) is 0 Å². The Morgan fingerprint density at radius 1 is 0.923 bits per heavy atom. The van der Waals surface area contributed by atoms with Crippen LogP contribution in [0.25, 0.3) is 0 Å². The average molecular weight is 360 g/mol. The van der Waals surface area contributed by atoms with E-state index in [0.717, 1.165) is 41.4 Å². The van der Waals surface area contributed by atoms with E-state index in [-0.39, 0.29) is 0 Å². The monoisotopic (exact) mass is 359 g/mol. The van der Waals surface area contributed by atoms with Crippen LogP contribution < -0.4 is 5.32 Å². The summed E-state index contributed by atoms with van der Waals surface area (Å²) in [5.41, 5.74) is 0.711. The van der Waals surface area contributed by atoms with Crippen molar-refractivity contribution in [2.45, 2.75) is 104 Å². The van der Waals surface area contributed by atoms with Gasteiger partial charge < -0.3 is 5.32 Å². The van der Waals surface area contributed by atoms with Crippen LogP contribution in [0.1, 0.15) is 98.3 Å². The molecule has 4 saturated carbocycles. The third-order valence-electron chi connectivity index (χ3n) is 9.86. The fourth-order valence-corrected chi connectivity index (χ4v) is 8.57. The molecule has 1 heteroatoms. The first-order chi connectivity index (χ1) is 12.5. The summed E-state index contributed by atoms with van der Waals surface area (Å²) < 4.78 is 0. The number of rotatable bonds is 5. The summed E-state index contributed by atoms with van der Waals surface area (Å²) in [4.78, 5) is 0. The molecular formula is C25H45N. The molecule has 4 rings (SSSR count). The Labute approximate surface area is 163 Å². The molecule has 0 bridgehead atoms. The molecule has 4 aliphatic carbocycles. The van der Waals surface area contributed by atoms with Gasteiger partial charge in [-0.1, -0.05) is 40.5 Å². The molecule has 1 nitrogen and oxygen atoms in total. The molecule has 0 aromatic carbocycles. The summed E-state index contributed by atoms with van der Waals surface area (Å²) in [7, 11) is 0. The van der Waals surface area contributed by atoms with Crippen LogP contribution in [0, 0.1) is 46.8 Å². The van der Waals surface area contributed by atoms with E-state index in [1.807, 2.05) is 0 Å². The maximum atomic E-state index is 3.65. The van der Waals surface area contributed by atoms with Gasteiger partial charge in [-0.15, -0.1) is 0 Å². The van der Waals surface area contributed by atoms with Gasteiger partial charge >= 0.3 is 0 Å². The van der Waals surface area contributed by atoms with E-state index in [0.29, 0.717) is 11.5 Å². The summed E-state index contributed by atoms with van der Waals surface area (Å²) in [6.07, 6.45) is 16.9. The zero-order valence-corrected chi connectivity index (χ0v) is 18.1. The highest BCUT2D eigenvalue weighted by atomic mass is 14.9. The van der Waals surface area contributed by atoms with Gasteiger partial charge in [0.15, 0.2) is 0 Å². The highest BCUT2D eigenvalue weighted by Gasteiger charge is 2.56. The number of nitrogens with one attached hydrogen (secondary N) is 1. The quantitative estimate of drug-likeness (QED) is 0.578. The minimum atomic E-state index is 0.650. The highest BCUT2D eigenvalue weighted by Crippen LogP contribution is 2.64. The van der Waals surface area contributed by atoms with Gasteiger partial charge in [-0.25, -0.2) is 0 Å². The Morgan fingerprint density at radius 2 is 1.73 bits per heavy atom. The minimum absolute atomic E-state index is 0.650. The summed E-state index contributed by atoms with van der Waals surface area (Å²) in [6, 6.07) is 0.650. The van der Waals surface area contributed by atoms with E-state index >= 15 is 0 Å². The molecule has 0 saturated heterocycles. The molecule has 0 aliphatic heterocycles. The third-order valence-corrected chi connectivity index (χ3v) is 9.86. The number of hydrogen-bond donors (Lipinski definition) is 1. The van der Waals surface area contributed by atoms with Crippen molar-refractivity contribution in [2.24, 2.45) is 46.8 Å². The van der Waals surface area contributed by atoms with Crippen LogP contribution in [-0.2, 0) is 0 Å². The Hall–Kier alpha value is -0.0400. The van der Waals surface area contributed by atoms with Crippen LogP contribution in [0.15, 0.2) is 0 Å². The molecule has 0 heterocycles. The van der Waals surface area contributed by atoms with Gasteiger partial charge in [-0.2, -0.15) is 0 Å². The fraction of sp³-hybridized carbons (Fsp3) is 1.00. The van der Waals surface area contributed by atoms with Crippen LogP contribution in [0.2, 0.25) is 0 Å². The second-order valence-corrected chi connectivity index (χ2v) is 11.2. The average Bonchev–Trinajstić information content (AvgIpc) is 2.97. The summed E-state index contributed by atoms with van der Waals surface area (Å²) in [5.74, 6) is 7.54. The first-order valence-electron chi connectivity index (χ1n) is 12.3. The molecule has 4 fully saturated rings. The molecule has 150 valence electrons. The van der Waals surface area contributed by atoms with Gasteiger partial charge in [0.1, 0.15) is 0 Å². The van der Waals surface area contributed by atoms with Crippen LogP contribution in [0.4, 0.5) is 0 Å². The Kier molecular flexibility index (Phi) is 5.76. The lowest BCUT2D eigenvalue weighted by Crippen LogP contribution is -2.48. The maximum Gasteiger partial charge on any atom is 0.00103 e. The zero-order chi connectivity index (χ0) is 18.3. The molecule has 1 N–H and O–H groups in total. The molecule has 8 unspecified atom stereocenters. The summed E-state index contributed by atoms with van der Waals surface area (Å²) >= 11 is 0. The lowest BCUT2D eigenvalue weighted by Gasteiger charge is -2.56. The molecular weight excluding hydrogens is 314 g/mol. The lowest BCUT2D eigenvalue weighted by atomic mass is 9.49. The van der Waals surface area contributed by atoms with Gasteiger partial charge in [0, 0.05) is 6.04 Å². The lowest BCUT2D eigenvalue weighted by molar-refractivity contribution is -0.0686. The normalized spacial score (nSPS) is 48.1. The van der Waals surface area contributed by atoms with Crippen molar-refractivity contribution in [1.29, 1.82) is 0 Å². The molecule has 4 aliphatic rings. The predicted molar refractivity (Wildman–Crippen MR) is 112 cm³/mol. The molecule has 0 radical (unpaired) electrons. The third kappa shape index (κ3) is 3.40. The van der Waals surface area contributed by atoms with Gasteiger partial charge in [0.05, 0.1) is 0 Å². The second-order valence-electron chi connectivity index (χ2n) is 11.2. The van der Waals surface area contributed by atoms with E-state index < -0.39 is 0 Å². The van der Waals surface area contributed by atoms with Crippen LogP contribution in [-0.4, -0.2) is 12.6 Å². The Morgan fingerprint density at radius 3 is 2.50 bits per heavy atom. The van der Waals surface area contributed by atoms with Crippen LogP contribution in [0.5, 0.6) is 0 Å². The molecule has 0 spiro atoms. The Balaban J connectivity index is 1.37. The Bertz CT molecular complexity index is 471. The minimum Gasteiger partial charge on any atom is -0.315 e. The van der Waals surface area contributed by atoms with E-state index in [4.69, 9.17) is 0 Å². The maximum absolute atomic E-state index is 3.65. The van der Waals surface area contributed by atoms with Crippen LogP contribution >= 0.6 is 0 Å². The van der Waals surface area contributed by atoms with Crippen LogP contribution in [0.3, 0.4) is 0 Å². The summed E-state index contributed by atoms with van der Waals surface area (Å²) in [5, 5.41) is 3.65. The van der Waals surface area contributed by atoms with E-state index in [1.54, 1.807) is 51.4 Å². The van der Waals surface area contributed by atoms with Crippen molar-refractivity contribution in [1.82, 2.24) is 5.32 Å². The van der Waals surface area contributed by atoms with Gasteiger partial charge in [0.2, 0.25) is 0 Å². The van der Waals surface area contributed by atoms with Gasteiger partial charge in [-0.05, 0) is 111 Å². The van der Waals surface area contributed by atoms with Crippen molar-refractivity contribution in [3.63, 3.8) is 0 Å². The fourth-order valence-electron chi connectivity index (χ4n) is 8.57. The van der Waals surface area contributed by atoms with E-state index in [2.05, 4.69) is 33.0 Å². The van der Waals surface area contributed by atoms with E-state index in [9.17, 15) is 0 Å². The topological polar surface area (TPSA) is 12.0 Å². The standard InChI is InChI=1S/C25H45N/c1-5-20-8-11-24-23-10-7-19-16-18(13-15-26-17(2)3)6-9-21(19)22(23)12-14-25(20,24)4/h17-24,26H,5-16H2,1-4H3. The van der Waals surface area contributed by atoms with Crippen molar-refractivity contribution in [3.05, 3.63) is 0 Å². The van der Waals surface area contributed by atoms with Crippen molar-refractivity contribution < 1.29 is 0 Å². The van der Waals surface area contributed by atoms with Gasteiger partial charge in [-0.3, -0.25) is 0 Å². The van der Waals surface area contributed by atoms with Crippen molar-refractivity contribution >= 4 is 0 Å². The zero-order valence-electron chi connectivity index (χ0n) is 18.1. The molecule has 26 heavy (non-hydrogen) atoms.